The number of benzene rings is 1. The minimum absolute atomic E-state index is 0.0570. The number of rotatable bonds is 6. The average molecular weight is 389 g/mol. The van der Waals surface area contributed by atoms with Gasteiger partial charge in [0.25, 0.3) is 5.91 Å². The molecule has 1 aromatic carbocycles. The van der Waals surface area contributed by atoms with Crippen molar-refractivity contribution in [3.63, 3.8) is 0 Å². The quantitative estimate of drug-likeness (QED) is 0.484. The number of carbonyl (C=O) groups is 1. The van der Waals surface area contributed by atoms with Crippen molar-refractivity contribution in [1.29, 1.82) is 5.41 Å². The van der Waals surface area contributed by atoms with Crippen LogP contribution in [-0.2, 0) is 19.2 Å². The Morgan fingerprint density at radius 2 is 2.10 bits per heavy atom. The molecule has 0 unspecified atom stereocenters. The van der Waals surface area contributed by atoms with E-state index in [2.05, 4.69) is 10.3 Å². The van der Waals surface area contributed by atoms with Gasteiger partial charge in [0.15, 0.2) is 0 Å². The fraction of sp³-hybridized carbons (Fsp3) is 0.227. The Kier molecular flexibility index (Phi) is 4.68. The first kappa shape index (κ1) is 18.9. The molecule has 0 bridgehead atoms. The van der Waals surface area contributed by atoms with E-state index in [-0.39, 0.29) is 12.5 Å². The first-order valence-corrected chi connectivity index (χ1v) is 9.44. The summed E-state index contributed by atoms with van der Waals surface area (Å²) in [6.45, 7) is -0.0570. The van der Waals surface area contributed by atoms with Gasteiger partial charge in [-0.1, -0.05) is 24.3 Å². The summed E-state index contributed by atoms with van der Waals surface area (Å²) in [5.74, 6) is -0.182. The number of nitrogens with zero attached hydrogens (tertiary/aromatic N) is 2. The maximum atomic E-state index is 13.1. The molecule has 0 saturated heterocycles. The SMILES string of the molecule is Cn1c(C(=O)NC2(c3ccccc3CO)CC2)cc2ccc(/C(C=N)=C/N)nc21. The van der Waals surface area contributed by atoms with Crippen LogP contribution in [0.2, 0.25) is 0 Å². The molecule has 3 aromatic rings. The highest BCUT2D eigenvalue weighted by Crippen LogP contribution is 2.47. The van der Waals surface area contributed by atoms with Crippen molar-refractivity contribution < 1.29 is 9.90 Å². The van der Waals surface area contributed by atoms with Crippen molar-refractivity contribution >= 4 is 28.7 Å². The normalized spacial score (nSPS) is 15.3. The largest absolute Gasteiger partial charge is 0.404 e. The van der Waals surface area contributed by atoms with Crippen LogP contribution in [0, 0.1) is 5.41 Å². The van der Waals surface area contributed by atoms with E-state index in [1.807, 2.05) is 36.4 Å². The van der Waals surface area contributed by atoms with Gasteiger partial charge in [-0.3, -0.25) is 4.79 Å². The second-order valence-corrected chi connectivity index (χ2v) is 7.32. The lowest BCUT2D eigenvalue weighted by Crippen LogP contribution is -2.36. The zero-order valence-corrected chi connectivity index (χ0v) is 16.1. The predicted octanol–water partition coefficient (Wildman–Crippen LogP) is 2.43. The lowest BCUT2D eigenvalue weighted by Gasteiger charge is -2.21. The zero-order valence-electron chi connectivity index (χ0n) is 16.1. The summed E-state index contributed by atoms with van der Waals surface area (Å²) < 4.78 is 1.75. The number of allylic oxidation sites excluding steroid dienone is 1. The molecular weight excluding hydrogens is 366 g/mol. The van der Waals surface area contributed by atoms with Gasteiger partial charge in [0, 0.05) is 30.4 Å². The third kappa shape index (κ3) is 3.19. The van der Waals surface area contributed by atoms with Gasteiger partial charge in [0.2, 0.25) is 0 Å². The molecule has 0 spiro atoms. The Morgan fingerprint density at radius 1 is 1.34 bits per heavy atom. The van der Waals surface area contributed by atoms with Crippen molar-refractivity contribution in [3.8, 4) is 0 Å². The third-order valence-electron chi connectivity index (χ3n) is 5.55. The van der Waals surface area contributed by atoms with Crippen LogP contribution in [0.1, 0.15) is 40.2 Å². The van der Waals surface area contributed by atoms with E-state index in [0.717, 1.165) is 35.6 Å². The van der Waals surface area contributed by atoms with Gasteiger partial charge in [-0.2, -0.15) is 0 Å². The number of aryl methyl sites for hydroxylation is 1. The lowest BCUT2D eigenvalue weighted by molar-refractivity contribution is 0.0922. The van der Waals surface area contributed by atoms with Crippen molar-refractivity contribution in [2.24, 2.45) is 12.8 Å². The van der Waals surface area contributed by atoms with E-state index in [1.54, 1.807) is 17.7 Å². The van der Waals surface area contributed by atoms with Gasteiger partial charge in [0.05, 0.1) is 17.8 Å². The monoisotopic (exact) mass is 389 g/mol. The van der Waals surface area contributed by atoms with Gasteiger partial charge in [0.1, 0.15) is 11.3 Å². The Balaban J connectivity index is 1.67. The van der Waals surface area contributed by atoms with Gasteiger partial charge in [-0.25, -0.2) is 4.98 Å². The summed E-state index contributed by atoms with van der Waals surface area (Å²) >= 11 is 0. The zero-order chi connectivity index (χ0) is 20.6. The molecule has 2 heterocycles. The summed E-state index contributed by atoms with van der Waals surface area (Å²) in [5.41, 5.74) is 9.19. The number of aromatic nitrogens is 2. The molecule has 1 fully saturated rings. The van der Waals surface area contributed by atoms with Gasteiger partial charge >= 0.3 is 0 Å². The standard InChI is InChI=1S/C22H23N5O2/c1-27-19(10-14-6-7-18(25-20(14)27)16(11-23)12-24)21(29)26-22(8-9-22)17-5-3-2-4-15(17)13-28/h2-7,10-12,23,28H,8-9,13,24H2,1H3,(H,26,29)/b16-12+,23-11?. The molecule has 29 heavy (non-hydrogen) atoms. The van der Waals surface area contributed by atoms with Crippen LogP contribution in [-0.4, -0.2) is 26.8 Å². The van der Waals surface area contributed by atoms with Crippen LogP contribution < -0.4 is 11.1 Å². The van der Waals surface area contributed by atoms with Gasteiger partial charge < -0.3 is 26.1 Å². The van der Waals surface area contributed by atoms with Crippen LogP contribution in [0.4, 0.5) is 0 Å². The highest BCUT2D eigenvalue weighted by Gasteiger charge is 2.47. The van der Waals surface area contributed by atoms with E-state index < -0.39 is 5.54 Å². The van der Waals surface area contributed by atoms with E-state index >= 15 is 0 Å². The van der Waals surface area contributed by atoms with Crippen LogP contribution in [0.5, 0.6) is 0 Å². The van der Waals surface area contributed by atoms with Gasteiger partial charge in [-0.15, -0.1) is 0 Å². The number of amides is 1. The van der Waals surface area contributed by atoms with Gasteiger partial charge in [-0.05, 0) is 42.2 Å². The molecule has 0 aliphatic heterocycles. The molecule has 0 radical (unpaired) electrons. The molecule has 2 aromatic heterocycles. The minimum Gasteiger partial charge on any atom is -0.404 e. The first-order valence-electron chi connectivity index (χ1n) is 9.44. The van der Waals surface area contributed by atoms with E-state index in [0.29, 0.717) is 22.6 Å². The van der Waals surface area contributed by atoms with E-state index in [9.17, 15) is 9.90 Å². The first-order chi connectivity index (χ1) is 14.0. The van der Waals surface area contributed by atoms with Crippen LogP contribution in [0.15, 0.2) is 48.7 Å². The summed E-state index contributed by atoms with van der Waals surface area (Å²) in [6.07, 6.45) is 4.17. The molecule has 0 atom stereocenters. The van der Waals surface area contributed by atoms with E-state index in [4.69, 9.17) is 11.1 Å². The number of carbonyl (C=O) groups excluding carboxylic acids is 1. The Morgan fingerprint density at radius 3 is 2.76 bits per heavy atom. The fourth-order valence-corrected chi connectivity index (χ4v) is 3.78. The smallest absolute Gasteiger partial charge is 0.268 e. The third-order valence-corrected chi connectivity index (χ3v) is 5.55. The predicted molar refractivity (Wildman–Crippen MR) is 112 cm³/mol. The average Bonchev–Trinajstić information content (AvgIpc) is 3.45. The van der Waals surface area contributed by atoms with Crippen LogP contribution in [0.3, 0.4) is 0 Å². The maximum absolute atomic E-state index is 13.1. The highest BCUT2D eigenvalue weighted by molar-refractivity contribution is 6.08. The second kappa shape index (κ2) is 7.18. The fourth-order valence-electron chi connectivity index (χ4n) is 3.78. The maximum Gasteiger partial charge on any atom is 0.268 e. The number of nitrogens with two attached hydrogens (primary N) is 1. The summed E-state index contributed by atoms with van der Waals surface area (Å²) in [7, 11) is 1.80. The van der Waals surface area contributed by atoms with Crippen molar-refractivity contribution in [2.75, 3.05) is 0 Å². The highest BCUT2D eigenvalue weighted by atomic mass is 16.3. The molecule has 1 aliphatic carbocycles. The number of fused-ring (bicyclic) bond motifs is 1. The Labute approximate surface area is 168 Å². The molecule has 148 valence electrons. The number of nitrogens with one attached hydrogen (secondary N) is 2. The summed E-state index contributed by atoms with van der Waals surface area (Å²) in [6, 6.07) is 13.1. The number of hydrogen-bond acceptors (Lipinski definition) is 5. The van der Waals surface area contributed by atoms with E-state index in [1.165, 1.54) is 6.20 Å². The minimum atomic E-state index is -0.429. The summed E-state index contributed by atoms with van der Waals surface area (Å²) in [5, 5.41) is 21.1. The summed E-state index contributed by atoms with van der Waals surface area (Å²) in [4.78, 5) is 17.7. The van der Waals surface area contributed by atoms with Crippen LogP contribution >= 0.6 is 0 Å². The molecule has 1 aliphatic rings. The Hall–Kier alpha value is -3.45. The lowest BCUT2D eigenvalue weighted by atomic mass is 9.98. The van der Waals surface area contributed by atoms with Crippen molar-refractivity contribution in [1.82, 2.24) is 14.9 Å². The number of aliphatic hydroxyl groups excluding tert-OH is 1. The molecule has 7 heteroatoms. The molecular formula is C22H23N5O2. The van der Waals surface area contributed by atoms with Crippen molar-refractivity contribution in [3.05, 3.63) is 71.2 Å². The topological polar surface area (TPSA) is 117 Å². The Bertz CT molecular complexity index is 1140. The molecule has 5 N–H and O–H groups in total. The molecule has 7 nitrogen and oxygen atoms in total. The second-order valence-electron chi connectivity index (χ2n) is 7.32. The van der Waals surface area contributed by atoms with Crippen molar-refractivity contribution in [2.45, 2.75) is 25.0 Å². The molecule has 1 amide bonds. The number of aliphatic hydroxyl groups is 1. The molecule has 1 saturated carbocycles. The number of pyridine rings is 1. The van der Waals surface area contributed by atoms with Crippen LogP contribution in [0.25, 0.3) is 16.6 Å². The number of hydrogen-bond donors (Lipinski definition) is 4. The molecule has 4 rings (SSSR count).